The molecule has 1 heterocycles. The van der Waals surface area contributed by atoms with E-state index in [1.165, 1.54) is 0 Å². The van der Waals surface area contributed by atoms with Gasteiger partial charge >= 0.3 is 0 Å². The molecule has 3 rings (SSSR count). The van der Waals surface area contributed by atoms with E-state index in [0.29, 0.717) is 0 Å². The molecule has 1 amide bonds. The quantitative estimate of drug-likeness (QED) is 0.622. The Morgan fingerprint density at radius 3 is 2.64 bits per heavy atom. The lowest BCUT2D eigenvalue weighted by Gasteiger charge is -2.17. The van der Waals surface area contributed by atoms with E-state index in [2.05, 4.69) is 10.6 Å². The molecule has 0 aliphatic heterocycles. The number of thioether (sulfide) groups is 1. The first kappa shape index (κ1) is 17.3. The first-order valence-corrected chi connectivity index (χ1v) is 9.24. The molecule has 0 radical (unpaired) electrons. The molecule has 4 nitrogen and oxygen atoms in total. The van der Waals surface area contributed by atoms with Gasteiger partial charge in [-0.15, -0.1) is 11.8 Å². The summed E-state index contributed by atoms with van der Waals surface area (Å²) in [6, 6.07) is 21.3. The van der Waals surface area contributed by atoms with E-state index in [-0.39, 0.29) is 18.5 Å². The summed E-state index contributed by atoms with van der Waals surface area (Å²) >= 11 is 1.64. The van der Waals surface area contributed by atoms with Gasteiger partial charge in [0.1, 0.15) is 5.76 Å². The molecule has 0 aliphatic rings. The van der Waals surface area contributed by atoms with Gasteiger partial charge < -0.3 is 9.73 Å². The molecule has 1 atom stereocenters. The first-order chi connectivity index (χ1) is 12.3. The molecule has 0 saturated heterocycles. The third kappa shape index (κ3) is 4.75. The van der Waals surface area contributed by atoms with Gasteiger partial charge in [-0.05, 0) is 42.2 Å². The van der Waals surface area contributed by atoms with Crippen LogP contribution in [0.2, 0.25) is 0 Å². The first-order valence-electron chi connectivity index (χ1n) is 8.02. The predicted molar refractivity (Wildman–Crippen MR) is 102 cm³/mol. The van der Waals surface area contributed by atoms with Gasteiger partial charge in [0.05, 0.1) is 18.8 Å². The van der Waals surface area contributed by atoms with Gasteiger partial charge in [0.15, 0.2) is 0 Å². The Bertz CT molecular complexity index is 804. The fourth-order valence-electron chi connectivity index (χ4n) is 2.58. The summed E-state index contributed by atoms with van der Waals surface area (Å²) in [5, 5.41) is 6.20. The zero-order valence-corrected chi connectivity index (χ0v) is 14.8. The van der Waals surface area contributed by atoms with Gasteiger partial charge in [-0.1, -0.05) is 36.4 Å². The minimum atomic E-state index is -0.167. The Morgan fingerprint density at radius 2 is 1.92 bits per heavy atom. The second kappa shape index (κ2) is 8.55. The molecule has 25 heavy (non-hydrogen) atoms. The van der Waals surface area contributed by atoms with Crippen LogP contribution in [0.4, 0.5) is 5.69 Å². The molecule has 0 unspecified atom stereocenters. The van der Waals surface area contributed by atoms with Crippen molar-refractivity contribution < 1.29 is 9.21 Å². The molecule has 5 heteroatoms. The van der Waals surface area contributed by atoms with Gasteiger partial charge in [0.25, 0.3) is 0 Å². The van der Waals surface area contributed by atoms with Crippen LogP contribution in [0.3, 0.4) is 0 Å². The van der Waals surface area contributed by atoms with Crippen molar-refractivity contribution in [2.24, 2.45) is 0 Å². The topological polar surface area (TPSA) is 54.3 Å². The Hall–Kier alpha value is -2.50. The van der Waals surface area contributed by atoms with Gasteiger partial charge in [0.2, 0.25) is 5.91 Å². The highest BCUT2D eigenvalue weighted by molar-refractivity contribution is 7.98. The van der Waals surface area contributed by atoms with E-state index >= 15 is 0 Å². The number of furan rings is 1. The van der Waals surface area contributed by atoms with E-state index in [0.717, 1.165) is 21.9 Å². The maximum absolute atomic E-state index is 12.3. The van der Waals surface area contributed by atoms with Crippen LogP contribution in [0.1, 0.15) is 17.4 Å². The summed E-state index contributed by atoms with van der Waals surface area (Å²) in [5.74, 6) is 0.689. The Balaban J connectivity index is 1.66. The Labute approximate surface area is 151 Å². The average molecular weight is 352 g/mol. The number of benzene rings is 2. The summed E-state index contributed by atoms with van der Waals surface area (Å²) < 4.78 is 5.53. The number of hydrogen-bond donors (Lipinski definition) is 2. The Kier molecular flexibility index (Phi) is 5.93. The van der Waals surface area contributed by atoms with Crippen molar-refractivity contribution >= 4 is 23.4 Å². The zero-order valence-electron chi connectivity index (χ0n) is 13.9. The number of amides is 1. The highest BCUT2D eigenvalue weighted by atomic mass is 32.2. The fraction of sp³-hybridized carbons (Fsp3) is 0.150. The minimum Gasteiger partial charge on any atom is -0.467 e. The summed E-state index contributed by atoms with van der Waals surface area (Å²) in [6.07, 6.45) is 3.65. The number of hydrogen-bond acceptors (Lipinski definition) is 4. The predicted octanol–water partition coefficient (Wildman–Crippen LogP) is 4.32. The number of rotatable bonds is 7. The standard InChI is InChI=1S/C20H20N2O2S/c1-25-17-10-5-9-16(13-17)22-19(23)14-21-20(18-11-6-12-24-18)15-7-3-2-4-8-15/h2-13,20-21H,14H2,1H3,(H,22,23)/t20-/m0/s1. The number of anilines is 1. The van der Waals surface area contributed by atoms with E-state index in [1.54, 1.807) is 18.0 Å². The minimum absolute atomic E-state index is 0.0919. The van der Waals surface area contributed by atoms with E-state index in [1.807, 2.05) is 73.0 Å². The van der Waals surface area contributed by atoms with Crippen molar-refractivity contribution in [3.05, 3.63) is 84.3 Å². The van der Waals surface area contributed by atoms with Crippen LogP contribution in [0.5, 0.6) is 0 Å². The average Bonchev–Trinajstić information content (AvgIpc) is 3.17. The number of nitrogens with one attached hydrogen (secondary N) is 2. The van der Waals surface area contributed by atoms with Crippen LogP contribution in [-0.4, -0.2) is 18.7 Å². The molecule has 128 valence electrons. The van der Waals surface area contributed by atoms with Crippen LogP contribution in [0.25, 0.3) is 0 Å². The molecule has 2 N–H and O–H groups in total. The summed E-state index contributed by atoms with van der Waals surface area (Å²) in [4.78, 5) is 13.4. The fourth-order valence-corrected chi connectivity index (χ4v) is 3.04. The zero-order chi connectivity index (χ0) is 17.5. The van der Waals surface area contributed by atoms with Crippen molar-refractivity contribution in [2.75, 3.05) is 18.1 Å². The lowest BCUT2D eigenvalue weighted by atomic mass is 10.0. The third-order valence-corrected chi connectivity index (χ3v) is 4.51. The van der Waals surface area contributed by atoms with Crippen molar-refractivity contribution in [2.45, 2.75) is 10.9 Å². The highest BCUT2D eigenvalue weighted by Crippen LogP contribution is 2.22. The summed E-state index contributed by atoms with van der Waals surface area (Å²) in [5.41, 5.74) is 1.85. The largest absolute Gasteiger partial charge is 0.467 e. The summed E-state index contributed by atoms with van der Waals surface area (Å²) in [7, 11) is 0. The smallest absolute Gasteiger partial charge is 0.238 e. The normalized spacial score (nSPS) is 11.9. The molecule has 0 fully saturated rings. The van der Waals surface area contributed by atoms with E-state index in [9.17, 15) is 4.79 Å². The monoisotopic (exact) mass is 352 g/mol. The number of carbonyl (C=O) groups is 1. The molecule has 0 spiro atoms. The van der Waals surface area contributed by atoms with Crippen molar-refractivity contribution in [1.82, 2.24) is 5.32 Å². The second-order valence-corrected chi connectivity index (χ2v) is 6.40. The molecular weight excluding hydrogens is 332 g/mol. The summed E-state index contributed by atoms with van der Waals surface area (Å²) in [6.45, 7) is 0.184. The SMILES string of the molecule is CSc1cccc(NC(=O)CN[C@@H](c2ccccc2)c2ccco2)c1. The lowest BCUT2D eigenvalue weighted by Crippen LogP contribution is -2.31. The van der Waals surface area contributed by atoms with Gasteiger partial charge in [-0.2, -0.15) is 0 Å². The maximum Gasteiger partial charge on any atom is 0.238 e. The van der Waals surface area contributed by atoms with Crippen LogP contribution < -0.4 is 10.6 Å². The van der Waals surface area contributed by atoms with E-state index in [4.69, 9.17) is 4.42 Å². The van der Waals surface area contributed by atoms with Crippen LogP contribution >= 0.6 is 11.8 Å². The maximum atomic E-state index is 12.3. The van der Waals surface area contributed by atoms with Crippen LogP contribution in [-0.2, 0) is 4.79 Å². The molecule has 0 bridgehead atoms. The molecule has 2 aromatic carbocycles. The molecular formula is C20H20N2O2S. The third-order valence-electron chi connectivity index (χ3n) is 3.78. The molecule has 0 aliphatic carbocycles. The van der Waals surface area contributed by atoms with Gasteiger partial charge in [0, 0.05) is 10.6 Å². The van der Waals surface area contributed by atoms with Crippen LogP contribution in [0.15, 0.2) is 82.3 Å². The molecule has 0 saturated carbocycles. The van der Waals surface area contributed by atoms with Crippen LogP contribution in [0, 0.1) is 0 Å². The van der Waals surface area contributed by atoms with E-state index < -0.39 is 0 Å². The lowest BCUT2D eigenvalue weighted by molar-refractivity contribution is -0.115. The van der Waals surface area contributed by atoms with Crippen molar-refractivity contribution in [3.8, 4) is 0 Å². The molecule has 1 aromatic heterocycles. The highest BCUT2D eigenvalue weighted by Gasteiger charge is 2.17. The molecule has 3 aromatic rings. The van der Waals surface area contributed by atoms with Crippen molar-refractivity contribution in [1.29, 1.82) is 0 Å². The van der Waals surface area contributed by atoms with Gasteiger partial charge in [-0.3, -0.25) is 10.1 Å². The Morgan fingerprint density at radius 1 is 1.08 bits per heavy atom. The van der Waals surface area contributed by atoms with Crippen molar-refractivity contribution in [3.63, 3.8) is 0 Å². The second-order valence-electron chi connectivity index (χ2n) is 5.52. The number of carbonyl (C=O) groups excluding carboxylic acids is 1. The van der Waals surface area contributed by atoms with Gasteiger partial charge in [-0.25, -0.2) is 0 Å².